The van der Waals surface area contributed by atoms with Gasteiger partial charge in [-0.1, -0.05) is 0 Å². The minimum atomic E-state index is -4.17. The van der Waals surface area contributed by atoms with E-state index in [1.807, 2.05) is 0 Å². The van der Waals surface area contributed by atoms with Gasteiger partial charge < -0.3 is 0 Å². The molecular formula is C14H9F3OSe. The predicted molar refractivity (Wildman–Crippen MR) is 67.8 cm³/mol. The fourth-order valence-corrected chi connectivity index (χ4v) is 2.70. The van der Waals surface area contributed by atoms with Crippen molar-refractivity contribution in [3.63, 3.8) is 0 Å². The van der Waals surface area contributed by atoms with E-state index >= 15 is 0 Å². The summed E-state index contributed by atoms with van der Waals surface area (Å²) in [5.41, 5.74) is 0.921. The molecule has 0 amide bonds. The predicted octanol–water partition coefficient (Wildman–Crippen LogP) is 2.77. The molecule has 5 heteroatoms. The Bertz CT molecular complexity index is 561. The second kappa shape index (κ2) is 5.59. The van der Waals surface area contributed by atoms with Gasteiger partial charge in [0.2, 0.25) is 0 Å². The van der Waals surface area contributed by atoms with Crippen LogP contribution < -0.4 is 4.46 Å². The van der Waals surface area contributed by atoms with Crippen molar-refractivity contribution in [2.45, 2.75) is 5.07 Å². The molecule has 0 saturated heterocycles. The zero-order chi connectivity index (χ0) is 13.9. The van der Waals surface area contributed by atoms with E-state index in [2.05, 4.69) is 0 Å². The third-order valence-electron chi connectivity index (χ3n) is 2.39. The molecule has 2 aromatic carbocycles. The van der Waals surface area contributed by atoms with Crippen LogP contribution in [-0.2, 0) is 0 Å². The fraction of sp³-hybridized carbons (Fsp3) is 0.0714. The summed E-state index contributed by atoms with van der Waals surface area (Å²) in [4.78, 5) is 12.0. The molecule has 0 atom stereocenters. The summed E-state index contributed by atoms with van der Waals surface area (Å²) in [5.74, 6) is -0.188. The van der Waals surface area contributed by atoms with Crippen molar-refractivity contribution in [1.29, 1.82) is 0 Å². The molecule has 0 heterocycles. The van der Waals surface area contributed by atoms with Crippen molar-refractivity contribution in [2.24, 2.45) is 0 Å². The Hall–Kier alpha value is -1.58. The van der Waals surface area contributed by atoms with E-state index in [0.29, 0.717) is 11.1 Å². The molecule has 0 spiro atoms. The number of hydrogen-bond acceptors (Lipinski definition) is 1. The van der Waals surface area contributed by atoms with Crippen LogP contribution in [0.25, 0.3) is 0 Å². The SMILES string of the molecule is O=C(c1ccccc1)c1ccc([Se]C(F)(F)F)cc1. The van der Waals surface area contributed by atoms with Crippen LogP contribution in [0.15, 0.2) is 54.6 Å². The zero-order valence-electron chi connectivity index (χ0n) is 9.65. The Morgan fingerprint density at radius 1 is 0.842 bits per heavy atom. The van der Waals surface area contributed by atoms with E-state index < -0.39 is 20.0 Å². The summed E-state index contributed by atoms with van der Waals surface area (Å²) in [6, 6.07) is 14.3. The number of alkyl halides is 3. The van der Waals surface area contributed by atoms with Gasteiger partial charge in [-0.15, -0.1) is 0 Å². The molecule has 1 nitrogen and oxygen atoms in total. The minimum absolute atomic E-state index is 0.188. The van der Waals surface area contributed by atoms with Gasteiger partial charge in [0.15, 0.2) is 0 Å². The summed E-state index contributed by atoms with van der Waals surface area (Å²) in [6.07, 6.45) is 0. The number of carbonyl (C=O) groups excluding carboxylic acids is 1. The maximum absolute atomic E-state index is 12.2. The molecule has 2 aromatic rings. The fourth-order valence-electron chi connectivity index (χ4n) is 1.56. The van der Waals surface area contributed by atoms with Gasteiger partial charge >= 0.3 is 114 Å². The summed E-state index contributed by atoms with van der Waals surface area (Å²) in [6.45, 7) is 0. The average molecular weight is 329 g/mol. The third kappa shape index (κ3) is 3.94. The van der Waals surface area contributed by atoms with Crippen LogP contribution in [0, 0.1) is 0 Å². The molecule has 0 bridgehead atoms. The van der Waals surface area contributed by atoms with Crippen molar-refractivity contribution in [2.75, 3.05) is 0 Å². The van der Waals surface area contributed by atoms with Crippen molar-refractivity contribution >= 4 is 25.2 Å². The maximum atomic E-state index is 12.2. The number of hydrogen-bond donors (Lipinski definition) is 0. The summed E-state index contributed by atoms with van der Waals surface area (Å²) in [5, 5.41) is -4.17. The molecule has 0 aromatic heterocycles. The van der Waals surface area contributed by atoms with E-state index in [4.69, 9.17) is 0 Å². The Labute approximate surface area is 114 Å². The van der Waals surface area contributed by atoms with Gasteiger partial charge in [-0.2, -0.15) is 0 Å². The Morgan fingerprint density at radius 2 is 1.37 bits per heavy atom. The van der Waals surface area contributed by atoms with E-state index in [1.54, 1.807) is 30.3 Å². The number of carbonyl (C=O) groups is 1. The van der Waals surface area contributed by atoms with Crippen LogP contribution in [0.4, 0.5) is 13.2 Å². The monoisotopic (exact) mass is 330 g/mol. The first kappa shape index (κ1) is 13.8. The number of benzene rings is 2. The van der Waals surface area contributed by atoms with Crippen molar-refractivity contribution in [1.82, 2.24) is 0 Å². The van der Waals surface area contributed by atoms with Crippen LogP contribution in [0.3, 0.4) is 0 Å². The third-order valence-corrected chi connectivity index (χ3v) is 3.94. The van der Waals surface area contributed by atoms with Gasteiger partial charge in [-0.05, 0) is 0 Å². The summed E-state index contributed by atoms with van der Waals surface area (Å²) >= 11 is -1.57. The molecule has 0 unspecified atom stereocenters. The standard InChI is InChI=1S/C14H9F3OSe/c15-14(16,17)19-12-8-6-11(7-9-12)13(18)10-4-2-1-3-5-10/h1-9H. The molecule has 0 aliphatic heterocycles. The van der Waals surface area contributed by atoms with Gasteiger partial charge in [0.1, 0.15) is 0 Å². The molecule has 0 aliphatic carbocycles. The normalized spacial score (nSPS) is 11.3. The second-order valence-electron chi connectivity index (χ2n) is 3.77. The first-order chi connectivity index (χ1) is 8.96. The first-order valence-electron chi connectivity index (χ1n) is 5.41. The number of ketones is 1. The van der Waals surface area contributed by atoms with Crippen molar-refractivity contribution < 1.29 is 18.0 Å². The van der Waals surface area contributed by atoms with Crippen LogP contribution in [0.2, 0.25) is 0 Å². The van der Waals surface area contributed by atoms with Crippen LogP contribution in [0.1, 0.15) is 15.9 Å². The first-order valence-corrected chi connectivity index (χ1v) is 7.12. The van der Waals surface area contributed by atoms with Gasteiger partial charge in [-0.25, -0.2) is 0 Å². The zero-order valence-corrected chi connectivity index (χ0v) is 11.4. The topological polar surface area (TPSA) is 17.1 Å². The van der Waals surface area contributed by atoms with Gasteiger partial charge in [-0.3, -0.25) is 0 Å². The molecule has 98 valence electrons. The average Bonchev–Trinajstić information content (AvgIpc) is 2.38. The quantitative estimate of drug-likeness (QED) is 0.625. The summed E-state index contributed by atoms with van der Waals surface area (Å²) in [7, 11) is 0. The van der Waals surface area contributed by atoms with Gasteiger partial charge in [0.05, 0.1) is 0 Å². The number of rotatable bonds is 3. The van der Waals surface area contributed by atoms with Crippen LogP contribution in [0.5, 0.6) is 0 Å². The molecule has 2 rings (SSSR count). The molecule has 0 aliphatic rings. The van der Waals surface area contributed by atoms with E-state index in [0.717, 1.165) is 0 Å². The van der Waals surface area contributed by atoms with Crippen molar-refractivity contribution in [3.8, 4) is 0 Å². The van der Waals surface area contributed by atoms with Crippen LogP contribution >= 0.6 is 0 Å². The van der Waals surface area contributed by atoms with E-state index in [9.17, 15) is 18.0 Å². The Kier molecular flexibility index (Phi) is 4.07. The number of halogens is 3. The van der Waals surface area contributed by atoms with E-state index in [1.165, 1.54) is 24.3 Å². The molecule has 0 radical (unpaired) electrons. The van der Waals surface area contributed by atoms with Gasteiger partial charge in [0.25, 0.3) is 0 Å². The molecule has 0 fully saturated rings. The van der Waals surface area contributed by atoms with Crippen molar-refractivity contribution in [3.05, 3.63) is 65.7 Å². The van der Waals surface area contributed by atoms with E-state index in [-0.39, 0.29) is 10.2 Å². The van der Waals surface area contributed by atoms with Crippen LogP contribution in [-0.4, -0.2) is 25.8 Å². The summed E-state index contributed by atoms with van der Waals surface area (Å²) < 4.78 is 36.9. The molecular weight excluding hydrogens is 320 g/mol. The van der Waals surface area contributed by atoms with Gasteiger partial charge in [0, 0.05) is 0 Å². The molecule has 19 heavy (non-hydrogen) atoms. The molecule has 0 N–H and O–H groups in total. The molecule has 0 saturated carbocycles. The Morgan fingerprint density at radius 3 is 1.89 bits per heavy atom. The second-order valence-corrected chi connectivity index (χ2v) is 6.16. The Balaban J connectivity index is 2.17.